The van der Waals surface area contributed by atoms with E-state index in [0.717, 1.165) is 45.3 Å². The summed E-state index contributed by atoms with van der Waals surface area (Å²) in [6.45, 7) is 5.68. The number of nitrogens with zero attached hydrogens (tertiary/aromatic N) is 1. The van der Waals surface area contributed by atoms with Crippen LogP contribution in [0.15, 0.2) is 0 Å². The van der Waals surface area contributed by atoms with Crippen molar-refractivity contribution in [2.45, 2.75) is 64.1 Å². The molecular weight excluding hydrogens is 228 g/mol. The van der Waals surface area contributed by atoms with Gasteiger partial charge in [-0.05, 0) is 44.9 Å². The molecule has 4 nitrogen and oxygen atoms in total. The molecule has 1 heterocycles. The van der Waals surface area contributed by atoms with Crippen LogP contribution in [0.5, 0.6) is 0 Å². The monoisotopic (exact) mass is 254 g/mol. The Morgan fingerprint density at radius 1 is 1.28 bits per heavy atom. The molecule has 104 valence electrons. The highest BCUT2D eigenvalue weighted by molar-refractivity contribution is 5.81. The lowest BCUT2D eigenvalue weighted by Crippen LogP contribution is -2.49. The summed E-state index contributed by atoms with van der Waals surface area (Å²) < 4.78 is 5.61. The van der Waals surface area contributed by atoms with Gasteiger partial charge in [-0.2, -0.15) is 0 Å². The maximum atomic E-state index is 12.5. The summed E-state index contributed by atoms with van der Waals surface area (Å²) in [5, 5.41) is 0. The molecule has 18 heavy (non-hydrogen) atoms. The van der Waals surface area contributed by atoms with E-state index in [9.17, 15) is 4.79 Å². The molecule has 2 rings (SSSR count). The maximum Gasteiger partial charge on any atom is 0.252 e. The van der Waals surface area contributed by atoms with Crippen molar-refractivity contribution in [1.29, 1.82) is 0 Å². The van der Waals surface area contributed by atoms with Gasteiger partial charge >= 0.3 is 0 Å². The number of nitrogens with two attached hydrogens (primary N) is 1. The Bertz CT molecular complexity index is 288. The summed E-state index contributed by atoms with van der Waals surface area (Å²) in [6, 6.07) is 0.704. The maximum absolute atomic E-state index is 12.5. The van der Waals surface area contributed by atoms with Gasteiger partial charge in [0.15, 0.2) is 0 Å². The number of carbonyl (C=O) groups excluding carboxylic acids is 1. The lowest BCUT2D eigenvalue weighted by molar-refractivity contribution is -0.145. The second-order valence-electron chi connectivity index (χ2n) is 5.75. The van der Waals surface area contributed by atoms with E-state index in [2.05, 4.69) is 13.8 Å². The van der Waals surface area contributed by atoms with Crippen LogP contribution in [0.25, 0.3) is 0 Å². The van der Waals surface area contributed by atoms with Gasteiger partial charge in [0.25, 0.3) is 5.91 Å². The summed E-state index contributed by atoms with van der Waals surface area (Å²) in [5.74, 6) is 0.556. The van der Waals surface area contributed by atoms with E-state index in [1.54, 1.807) is 0 Å². The van der Waals surface area contributed by atoms with Crippen molar-refractivity contribution in [3.8, 4) is 0 Å². The number of likely N-dealkylation sites (N-methyl/N-ethyl adjacent to an activating group) is 1. The molecule has 4 heteroatoms. The Hall–Kier alpha value is -0.610. The van der Waals surface area contributed by atoms with Crippen molar-refractivity contribution in [2.24, 2.45) is 11.7 Å². The van der Waals surface area contributed by atoms with Gasteiger partial charge in [0, 0.05) is 25.2 Å². The molecule has 1 saturated carbocycles. The zero-order chi connectivity index (χ0) is 13.1. The van der Waals surface area contributed by atoms with Crippen molar-refractivity contribution >= 4 is 5.91 Å². The molecule has 2 N–H and O–H groups in total. The smallest absolute Gasteiger partial charge is 0.252 e. The molecule has 2 unspecified atom stereocenters. The first-order chi connectivity index (χ1) is 8.63. The molecule has 1 aliphatic heterocycles. The molecule has 1 saturated heterocycles. The number of ether oxygens (including phenoxy) is 1. The minimum Gasteiger partial charge on any atom is -0.368 e. The molecule has 0 aromatic carbocycles. The highest BCUT2D eigenvalue weighted by Gasteiger charge is 2.36. The van der Waals surface area contributed by atoms with E-state index in [1.165, 1.54) is 0 Å². The zero-order valence-electron chi connectivity index (χ0n) is 11.6. The zero-order valence-corrected chi connectivity index (χ0v) is 11.6. The third kappa shape index (κ3) is 2.86. The quantitative estimate of drug-likeness (QED) is 0.831. The van der Waals surface area contributed by atoms with Crippen LogP contribution in [0.2, 0.25) is 0 Å². The van der Waals surface area contributed by atoms with Gasteiger partial charge in [-0.15, -0.1) is 0 Å². The van der Waals surface area contributed by atoms with E-state index >= 15 is 0 Å². The van der Waals surface area contributed by atoms with Crippen molar-refractivity contribution in [2.75, 3.05) is 13.2 Å². The van der Waals surface area contributed by atoms with E-state index in [1.807, 2.05) is 4.90 Å². The summed E-state index contributed by atoms with van der Waals surface area (Å²) in [6.07, 6.45) is 4.96. The van der Waals surface area contributed by atoms with Crippen LogP contribution in [0.1, 0.15) is 46.0 Å². The molecule has 0 aromatic rings. The van der Waals surface area contributed by atoms with Crippen molar-refractivity contribution in [1.82, 2.24) is 4.90 Å². The Kier molecular flexibility index (Phi) is 4.62. The molecule has 2 aliphatic rings. The Labute approximate surface area is 110 Å². The molecule has 2 fully saturated rings. The van der Waals surface area contributed by atoms with Gasteiger partial charge < -0.3 is 15.4 Å². The average molecular weight is 254 g/mol. The molecule has 1 aliphatic carbocycles. The lowest BCUT2D eigenvalue weighted by atomic mass is 9.90. The van der Waals surface area contributed by atoms with Crippen LogP contribution in [-0.2, 0) is 9.53 Å². The molecule has 0 bridgehead atoms. The highest BCUT2D eigenvalue weighted by atomic mass is 16.5. The summed E-state index contributed by atoms with van der Waals surface area (Å²) in [4.78, 5) is 14.6. The molecule has 0 radical (unpaired) electrons. The number of rotatable bonds is 3. The Morgan fingerprint density at radius 3 is 2.44 bits per heavy atom. The van der Waals surface area contributed by atoms with Crippen LogP contribution in [-0.4, -0.2) is 42.1 Å². The second kappa shape index (κ2) is 6.02. The van der Waals surface area contributed by atoms with Crippen LogP contribution < -0.4 is 5.73 Å². The molecule has 0 spiro atoms. The molecule has 2 atom stereocenters. The fourth-order valence-electron chi connectivity index (χ4n) is 3.18. The lowest BCUT2D eigenvalue weighted by Gasteiger charge is -2.37. The topological polar surface area (TPSA) is 55.6 Å². The predicted octanol–water partition coefficient (Wildman–Crippen LogP) is 1.53. The number of hydrogen-bond donors (Lipinski definition) is 1. The number of amides is 1. The van der Waals surface area contributed by atoms with Gasteiger partial charge in [0.05, 0.1) is 0 Å². The second-order valence-corrected chi connectivity index (χ2v) is 5.75. The SMILES string of the molecule is CCN(C(=O)C1OCCC1C)C1CCC(N)CC1. The summed E-state index contributed by atoms with van der Waals surface area (Å²) in [5.41, 5.74) is 5.93. The third-order valence-corrected chi connectivity index (χ3v) is 4.44. The van der Waals surface area contributed by atoms with Gasteiger partial charge in [0.2, 0.25) is 0 Å². The summed E-state index contributed by atoms with van der Waals surface area (Å²) >= 11 is 0. The van der Waals surface area contributed by atoms with E-state index in [4.69, 9.17) is 10.5 Å². The average Bonchev–Trinajstić information content (AvgIpc) is 2.78. The molecule has 0 aromatic heterocycles. The first kappa shape index (κ1) is 13.8. The van der Waals surface area contributed by atoms with Crippen molar-refractivity contribution in [3.05, 3.63) is 0 Å². The van der Waals surface area contributed by atoms with Crippen LogP contribution in [0, 0.1) is 5.92 Å². The standard InChI is InChI=1S/C14H26N2O2/c1-3-16(12-6-4-11(15)5-7-12)14(17)13-10(2)8-9-18-13/h10-13H,3-9,15H2,1-2H3. The normalized spacial score (nSPS) is 36.6. The minimum atomic E-state index is -0.208. The minimum absolute atomic E-state index is 0.197. The highest BCUT2D eigenvalue weighted by Crippen LogP contribution is 2.27. The van der Waals surface area contributed by atoms with Crippen LogP contribution in [0.3, 0.4) is 0 Å². The first-order valence-electron chi connectivity index (χ1n) is 7.31. The summed E-state index contributed by atoms with van der Waals surface area (Å²) in [7, 11) is 0. The molecular formula is C14H26N2O2. The predicted molar refractivity (Wildman–Crippen MR) is 71.1 cm³/mol. The number of hydrogen-bond acceptors (Lipinski definition) is 3. The van der Waals surface area contributed by atoms with Crippen molar-refractivity contribution in [3.63, 3.8) is 0 Å². The van der Waals surface area contributed by atoms with Crippen molar-refractivity contribution < 1.29 is 9.53 Å². The fourth-order valence-corrected chi connectivity index (χ4v) is 3.18. The van der Waals surface area contributed by atoms with E-state index in [-0.39, 0.29) is 12.0 Å². The van der Waals surface area contributed by atoms with Crippen LogP contribution in [0.4, 0.5) is 0 Å². The van der Waals surface area contributed by atoms with Gasteiger partial charge in [0.1, 0.15) is 6.10 Å². The molecule has 1 amide bonds. The van der Waals surface area contributed by atoms with Gasteiger partial charge in [-0.25, -0.2) is 0 Å². The van der Waals surface area contributed by atoms with Crippen LogP contribution >= 0.6 is 0 Å². The third-order valence-electron chi connectivity index (χ3n) is 4.44. The fraction of sp³-hybridized carbons (Fsp3) is 0.929. The Balaban J connectivity index is 1.97. The largest absolute Gasteiger partial charge is 0.368 e. The Morgan fingerprint density at radius 2 is 1.94 bits per heavy atom. The first-order valence-corrected chi connectivity index (χ1v) is 7.31. The van der Waals surface area contributed by atoms with E-state index < -0.39 is 0 Å². The van der Waals surface area contributed by atoms with E-state index in [0.29, 0.717) is 18.0 Å². The van der Waals surface area contributed by atoms with Gasteiger partial charge in [-0.1, -0.05) is 6.92 Å². The van der Waals surface area contributed by atoms with Gasteiger partial charge in [-0.3, -0.25) is 4.79 Å². The number of carbonyl (C=O) groups is 1.